The number of anilines is 1. The third kappa shape index (κ3) is 3.56. The summed E-state index contributed by atoms with van der Waals surface area (Å²) >= 11 is 9.62. The van der Waals surface area contributed by atoms with Crippen LogP contribution in [0.15, 0.2) is 61.9 Å². The molecular weight excluding hydrogens is 448 g/mol. The van der Waals surface area contributed by atoms with Gasteiger partial charge in [-0.05, 0) is 31.2 Å². The highest BCUT2D eigenvalue weighted by molar-refractivity contribution is 9.10. The van der Waals surface area contributed by atoms with Gasteiger partial charge in [0.15, 0.2) is 0 Å². The Bertz CT molecular complexity index is 1170. The van der Waals surface area contributed by atoms with Crippen molar-refractivity contribution in [1.29, 1.82) is 0 Å². The number of hydrogen-bond acceptors (Lipinski definition) is 6. The molecule has 0 radical (unpaired) electrons. The van der Waals surface area contributed by atoms with Crippen molar-refractivity contribution in [2.45, 2.75) is 6.92 Å². The third-order valence-electron chi connectivity index (χ3n) is 3.94. The first kappa shape index (κ1) is 18.4. The monoisotopic (exact) mass is 458 g/mol. The lowest BCUT2D eigenvalue weighted by Crippen LogP contribution is -2.13. The molecule has 0 fully saturated rings. The summed E-state index contributed by atoms with van der Waals surface area (Å²) < 4.78 is 11.6. The predicted octanol–water partition coefficient (Wildman–Crippen LogP) is 5.37. The maximum atomic E-state index is 12.8. The van der Waals surface area contributed by atoms with E-state index >= 15 is 0 Å². The van der Waals surface area contributed by atoms with E-state index in [4.69, 9.17) is 20.5 Å². The van der Waals surface area contributed by atoms with Gasteiger partial charge in [-0.15, -0.1) is 5.10 Å². The molecule has 140 valence electrons. The minimum absolute atomic E-state index is 0.0364. The van der Waals surface area contributed by atoms with Crippen molar-refractivity contribution in [2.75, 3.05) is 5.32 Å². The zero-order chi connectivity index (χ0) is 19.7. The number of carbonyl (C=O) groups is 1. The minimum Gasteiger partial charge on any atom is -0.403 e. The highest BCUT2D eigenvalue weighted by Crippen LogP contribution is 2.31. The summed E-state index contributed by atoms with van der Waals surface area (Å²) in [6.45, 7) is 1.64. The van der Waals surface area contributed by atoms with Gasteiger partial charge in [0.1, 0.15) is 17.0 Å². The second-order valence-corrected chi connectivity index (χ2v) is 7.14. The molecule has 4 rings (SSSR count). The summed E-state index contributed by atoms with van der Waals surface area (Å²) in [4.78, 5) is 12.8. The van der Waals surface area contributed by atoms with Gasteiger partial charge in [0.05, 0.1) is 5.02 Å². The maximum absolute atomic E-state index is 12.8. The highest BCUT2D eigenvalue weighted by atomic mass is 79.9. The number of nitrogens with one attached hydrogen (secondary N) is 1. The Hall–Kier alpha value is -2.97. The van der Waals surface area contributed by atoms with Crippen LogP contribution in [-0.4, -0.2) is 21.3 Å². The smallest absolute Gasteiger partial charge is 0.322 e. The summed E-state index contributed by atoms with van der Waals surface area (Å²) in [5, 5.41) is 14.9. The SMILES string of the molecule is Cc1onc(-c2ccccc2Cl)c1C(=O)Nc1nnc(-c2cccc(Br)c2)o1. The topological polar surface area (TPSA) is 94.1 Å². The van der Waals surface area contributed by atoms with E-state index in [-0.39, 0.29) is 17.5 Å². The number of hydrogen-bond donors (Lipinski definition) is 1. The van der Waals surface area contributed by atoms with Crippen LogP contribution in [0.1, 0.15) is 16.1 Å². The number of benzene rings is 2. The Labute approximate surface area is 172 Å². The van der Waals surface area contributed by atoms with Crippen molar-refractivity contribution in [3.63, 3.8) is 0 Å². The number of amides is 1. The van der Waals surface area contributed by atoms with Crippen LogP contribution in [0.25, 0.3) is 22.7 Å². The molecule has 7 nitrogen and oxygen atoms in total. The molecule has 0 aliphatic carbocycles. The summed E-state index contributed by atoms with van der Waals surface area (Å²) in [6.07, 6.45) is 0. The van der Waals surface area contributed by atoms with Gasteiger partial charge < -0.3 is 8.94 Å². The Balaban J connectivity index is 1.62. The Morgan fingerprint density at radius 1 is 1.14 bits per heavy atom. The summed E-state index contributed by atoms with van der Waals surface area (Å²) in [5.74, 6) is 0.141. The van der Waals surface area contributed by atoms with Crippen molar-refractivity contribution in [2.24, 2.45) is 0 Å². The summed E-state index contributed by atoms with van der Waals surface area (Å²) in [5.41, 5.74) is 1.90. The fourth-order valence-corrected chi connectivity index (χ4v) is 3.27. The Morgan fingerprint density at radius 3 is 2.75 bits per heavy atom. The molecule has 28 heavy (non-hydrogen) atoms. The number of aromatic nitrogens is 3. The first-order valence-corrected chi connectivity index (χ1v) is 9.32. The molecule has 1 N–H and O–H groups in total. The first-order valence-electron chi connectivity index (χ1n) is 8.15. The van der Waals surface area contributed by atoms with Crippen molar-refractivity contribution >= 4 is 39.5 Å². The molecule has 2 aromatic heterocycles. The van der Waals surface area contributed by atoms with E-state index in [1.807, 2.05) is 24.3 Å². The largest absolute Gasteiger partial charge is 0.403 e. The van der Waals surface area contributed by atoms with Crippen molar-refractivity contribution in [3.8, 4) is 22.7 Å². The molecule has 0 saturated heterocycles. The van der Waals surface area contributed by atoms with E-state index in [0.717, 1.165) is 10.0 Å². The van der Waals surface area contributed by atoms with Crippen LogP contribution >= 0.6 is 27.5 Å². The average Bonchev–Trinajstić information content (AvgIpc) is 3.29. The average molecular weight is 460 g/mol. The number of carbonyl (C=O) groups excluding carboxylic acids is 1. The minimum atomic E-state index is -0.488. The van der Waals surface area contributed by atoms with Gasteiger partial charge in [-0.1, -0.05) is 62.1 Å². The zero-order valence-corrected chi connectivity index (χ0v) is 16.8. The first-order chi connectivity index (χ1) is 13.5. The molecule has 0 saturated carbocycles. The van der Waals surface area contributed by atoms with Gasteiger partial charge in [0, 0.05) is 15.6 Å². The maximum Gasteiger partial charge on any atom is 0.322 e. The van der Waals surface area contributed by atoms with Crippen molar-refractivity contribution < 1.29 is 13.7 Å². The second kappa shape index (κ2) is 7.57. The van der Waals surface area contributed by atoms with Gasteiger partial charge in [-0.25, -0.2) is 0 Å². The van der Waals surface area contributed by atoms with Crippen LogP contribution in [-0.2, 0) is 0 Å². The van der Waals surface area contributed by atoms with Crippen LogP contribution < -0.4 is 5.32 Å². The molecule has 2 heterocycles. The highest BCUT2D eigenvalue weighted by Gasteiger charge is 2.24. The third-order valence-corrected chi connectivity index (χ3v) is 4.76. The molecular formula is C19H12BrClN4O3. The number of rotatable bonds is 4. The van der Waals surface area contributed by atoms with E-state index in [1.165, 1.54) is 0 Å². The summed E-state index contributed by atoms with van der Waals surface area (Å²) in [7, 11) is 0. The van der Waals surface area contributed by atoms with E-state index in [0.29, 0.717) is 22.0 Å². The molecule has 0 atom stereocenters. The Kier molecular flexibility index (Phi) is 4.97. The van der Waals surface area contributed by atoms with Gasteiger partial charge in [0.2, 0.25) is 5.89 Å². The summed E-state index contributed by atoms with van der Waals surface area (Å²) in [6, 6.07) is 14.4. The van der Waals surface area contributed by atoms with Crippen molar-refractivity contribution in [1.82, 2.24) is 15.4 Å². The van der Waals surface area contributed by atoms with E-state index in [9.17, 15) is 4.79 Å². The standard InChI is InChI=1S/C19H12BrClN4O3/c1-10-15(16(25-28-10)13-7-2-3-8-14(13)21)17(26)22-19-24-23-18(27-19)11-5-4-6-12(20)9-11/h2-9H,1H3,(H,22,24,26). The van der Waals surface area contributed by atoms with Gasteiger partial charge >= 0.3 is 6.01 Å². The molecule has 0 spiro atoms. The number of aryl methyl sites for hydroxylation is 1. The fraction of sp³-hybridized carbons (Fsp3) is 0.0526. The molecule has 0 unspecified atom stereocenters. The lowest BCUT2D eigenvalue weighted by molar-refractivity contribution is 0.102. The number of halogens is 2. The van der Waals surface area contributed by atoms with E-state index in [1.54, 1.807) is 31.2 Å². The van der Waals surface area contributed by atoms with Crippen LogP contribution in [0.3, 0.4) is 0 Å². The lowest BCUT2D eigenvalue weighted by atomic mass is 10.1. The van der Waals surface area contributed by atoms with Crippen LogP contribution in [0, 0.1) is 6.92 Å². The zero-order valence-electron chi connectivity index (χ0n) is 14.4. The van der Waals surface area contributed by atoms with Crippen LogP contribution in [0.4, 0.5) is 6.01 Å². The van der Waals surface area contributed by atoms with E-state index < -0.39 is 5.91 Å². The normalized spacial score (nSPS) is 10.8. The quantitative estimate of drug-likeness (QED) is 0.441. The molecule has 0 aliphatic heterocycles. The molecule has 9 heteroatoms. The fourth-order valence-electron chi connectivity index (χ4n) is 2.65. The van der Waals surface area contributed by atoms with E-state index in [2.05, 4.69) is 36.6 Å². The Morgan fingerprint density at radius 2 is 1.96 bits per heavy atom. The molecule has 2 aromatic carbocycles. The molecule has 1 amide bonds. The van der Waals surface area contributed by atoms with Gasteiger partial charge in [-0.3, -0.25) is 10.1 Å². The van der Waals surface area contributed by atoms with Crippen LogP contribution in [0.2, 0.25) is 5.02 Å². The van der Waals surface area contributed by atoms with Gasteiger partial charge in [0.25, 0.3) is 5.91 Å². The predicted molar refractivity (Wildman–Crippen MR) is 107 cm³/mol. The van der Waals surface area contributed by atoms with Crippen molar-refractivity contribution in [3.05, 3.63) is 69.3 Å². The number of nitrogens with zero attached hydrogens (tertiary/aromatic N) is 3. The molecule has 0 aliphatic rings. The lowest BCUT2D eigenvalue weighted by Gasteiger charge is -2.03. The molecule has 4 aromatic rings. The molecule has 0 bridgehead atoms. The second-order valence-electron chi connectivity index (χ2n) is 5.82. The van der Waals surface area contributed by atoms with Crippen LogP contribution in [0.5, 0.6) is 0 Å². The van der Waals surface area contributed by atoms with Gasteiger partial charge in [-0.2, -0.15) is 0 Å².